The van der Waals surface area contributed by atoms with Crippen molar-refractivity contribution in [3.8, 4) is 33.5 Å². The number of aryl methyl sites for hydroxylation is 1. The molecule has 4 heteroatoms. The molecule has 1 unspecified atom stereocenters. The molecule has 2 heterocycles. The molecular formula is C42H32N4. The molecule has 1 N–H and O–H groups in total. The third kappa shape index (κ3) is 5.69. The second-order valence-corrected chi connectivity index (χ2v) is 11.6. The number of rotatable bonds is 6. The number of aromatic nitrogens is 1. The average molecular weight is 593 g/mol. The number of fused-ring (bicyclic) bond motifs is 1. The number of pyridine rings is 1. The zero-order valence-corrected chi connectivity index (χ0v) is 25.3. The number of aliphatic imine (C=N–C) groups is 2. The lowest BCUT2D eigenvalue weighted by molar-refractivity contribution is 0.674. The summed E-state index contributed by atoms with van der Waals surface area (Å²) in [6, 6.07) is 50.8. The molecule has 0 fully saturated rings. The molecule has 8 rings (SSSR count). The van der Waals surface area contributed by atoms with Crippen molar-refractivity contribution in [2.75, 3.05) is 0 Å². The summed E-state index contributed by atoms with van der Waals surface area (Å²) in [5, 5.41) is 3.61. The van der Waals surface area contributed by atoms with E-state index in [9.17, 15) is 0 Å². The first-order valence-electron chi connectivity index (χ1n) is 15.8. The fraction of sp³-hybridized carbons (Fsp3) is 0.0714. The molecule has 220 valence electrons. The monoisotopic (exact) mass is 592 g/mol. The molecule has 4 nitrogen and oxygen atoms in total. The molecule has 1 aliphatic heterocycles. The van der Waals surface area contributed by atoms with E-state index in [4.69, 9.17) is 15.0 Å². The molecule has 0 amide bonds. The van der Waals surface area contributed by atoms with Crippen LogP contribution in [-0.2, 0) is 6.42 Å². The fourth-order valence-electron chi connectivity index (χ4n) is 6.11. The topological polar surface area (TPSA) is 49.6 Å². The van der Waals surface area contributed by atoms with Crippen LogP contribution in [0.3, 0.4) is 0 Å². The molecule has 6 aromatic rings. The smallest absolute Gasteiger partial charge is 0.159 e. The molecule has 1 aliphatic carbocycles. The Hall–Kier alpha value is -5.87. The Morgan fingerprint density at radius 1 is 0.543 bits per heavy atom. The highest BCUT2D eigenvalue weighted by Crippen LogP contribution is 2.29. The van der Waals surface area contributed by atoms with Crippen molar-refractivity contribution in [3.05, 3.63) is 180 Å². The molecule has 46 heavy (non-hydrogen) atoms. The number of hydrogen-bond acceptors (Lipinski definition) is 4. The highest BCUT2D eigenvalue weighted by Gasteiger charge is 2.21. The summed E-state index contributed by atoms with van der Waals surface area (Å²) in [4.78, 5) is 15.1. The quantitative estimate of drug-likeness (QED) is 0.209. The maximum atomic E-state index is 5.07. The van der Waals surface area contributed by atoms with E-state index in [0.29, 0.717) is 5.84 Å². The van der Waals surface area contributed by atoms with Gasteiger partial charge in [-0.15, -0.1) is 0 Å². The zero-order chi connectivity index (χ0) is 30.7. The van der Waals surface area contributed by atoms with Gasteiger partial charge < -0.3 is 5.32 Å². The van der Waals surface area contributed by atoms with Crippen molar-refractivity contribution in [3.63, 3.8) is 0 Å². The molecule has 0 saturated heterocycles. The van der Waals surface area contributed by atoms with Gasteiger partial charge in [-0.3, -0.25) is 4.98 Å². The van der Waals surface area contributed by atoms with Crippen LogP contribution in [-0.4, -0.2) is 16.7 Å². The number of hydrogen-bond donors (Lipinski definition) is 1. The maximum Gasteiger partial charge on any atom is 0.159 e. The first-order valence-corrected chi connectivity index (χ1v) is 15.8. The first-order chi connectivity index (χ1) is 22.8. The Labute approximate surface area is 269 Å². The van der Waals surface area contributed by atoms with Crippen molar-refractivity contribution in [1.82, 2.24) is 10.3 Å². The second-order valence-electron chi connectivity index (χ2n) is 11.6. The molecule has 1 aromatic heterocycles. The van der Waals surface area contributed by atoms with E-state index in [2.05, 4.69) is 139 Å². The molecule has 5 aromatic carbocycles. The predicted molar refractivity (Wildman–Crippen MR) is 190 cm³/mol. The first kappa shape index (κ1) is 27.7. The van der Waals surface area contributed by atoms with Gasteiger partial charge in [-0.2, -0.15) is 0 Å². The van der Waals surface area contributed by atoms with Crippen LogP contribution in [0.4, 0.5) is 0 Å². The predicted octanol–water partition coefficient (Wildman–Crippen LogP) is 9.54. The van der Waals surface area contributed by atoms with Gasteiger partial charge in [0.25, 0.3) is 0 Å². The molecular weight excluding hydrogens is 560 g/mol. The average Bonchev–Trinajstić information content (AvgIpc) is 3.15. The summed E-state index contributed by atoms with van der Waals surface area (Å²) in [6.07, 6.45) is 6.20. The Morgan fingerprint density at radius 2 is 1.17 bits per heavy atom. The van der Waals surface area contributed by atoms with Crippen LogP contribution in [0.15, 0.2) is 162 Å². The summed E-state index contributed by atoms with van der Waals surface area (Å²) >= 11 is 0. The molecule has 0 bridgehead atoms. The minimum Gasteiger partial charge on any atom is -0.344 e. The van der Waals surface area contributed by atoms with Crippen molar-refractivity contribution in [2.45, 2.75) is 19.0 Å². The standard InChI is InChI=1S/C42H32N4/c1-3-10-29(11-4-1)30-20-24-35(25-21-30)41-44-40(34-13-5-2-6-14-34)45-42(46-41)37-16-9-15-36(28-37)31-18-22-33(23-19-31)39-27-26-32-12-7-8-17-38(32)43-39/h1-7,9-16,18-28,40H,8,17H2,(H,44,45,46). The molecule has 0 saturated carbocycles. The summed E-state index contributed by atoms with van der Waals surface area (Å²) in [5.74, 6) is 1.52. The highest BCUT2D eigenvalue weighted by molar-refractivity contribution is 6.13. The summed E-state index contributed by atoms with van der Waals surface area (Å²) in [6.45, 7) is 0. The van der Waals surface area contributed by atoms with Gasteiger partial charge in [0.15, 0.2) is 5.84 Å². The Balaban J connectivity index is 1.10. The van der Waals surface area contributed by atoms with Crippen LogP contribution < -0.4 is 5.32 Å². The van der Waals surface area contributed by atoms with Crippen LogP contribution >= 0.6 is 0 Å². The number of nitrogens with one attached hydrogen (secondary N) is 1. The summed E-state index contributed by atoms with van der Waals surface area (Å²) < 4.78 is 0. The van der Waals surface area contributed by atoms with Crippen molar-refractivity contribution in [1.29, 1.82) is 0 Å². The molecule has 1 atom stereocenters. The van der Waals surface area contributed by atoms with E-state index < -0.39 is 0 Å². The third-order valence-corrected chi connectivity index (χ3v) is 8.61. The molecule has 0 spiro atoms. The minimum absolute atomic E-state index is 0.250. The van der Waals surface area contributed by atoms with E-state index in [1.54, 1.807) is 0 Å². The second kappa shape index (κ2) is 12.3. The van der Waals surface area contributed by atoms with E-state index in [0.717, 1.165) is 57.8 Å². The van der Waals surface area contributed by atoms with Gasteiger partial charge in [0, 0.05) is 22.4 Å². The lowest BCUT2D eigenvalue weighted by Gasteiger charge is -2.24. The van der Waals surface area contributed by atoms with Crippen molar-refractivity contribution in [2.24, 2.45) is 9.98 Å². The number of benzene rings is 5. The van der Waals surface area contributed by atoms with Crippen LogP contribution in [0.25, 0.3) is 39.6 Å². The van der Waals surface area contributed by atoms with Gasteiger partial charge in [-0.1, -0.05) is 146 Å². The third-order valence-electron chi connectivity index (χ3n) is 8.61. The van der Waals surface area contributed by atoms with E-state index in [1.165, 1.54) is 22.4 Å². The Bertz CT molecular complexity index is 2090. The molecule has 2 aliphatic rings. The van der Waals surface area contributed by atoms with E-state index in [-0.39, 0.29) is 6.17 Å². The highest BCUT2D eigenvalue weighted by atomic mass is 15.2. The van der Waals surface area contributed by atoms with Crippen LogP contribution in [0.1, 0.15) is 40.5 Å². The number of nitrogens with zero attached hydrogens (tertiary/aromatic N) is 3. The van der Waals surface area contributed by atoms with Gasteiger partial charge in [0.2, 0.25) is 0 Å². The lowest BCUT2D eigenvalue weighted by Crippen LogP contribution is -2.33. The van der Waals surface area contributed by atoms with Crippen LogP contribution in [0.2, 0.25) is 0 Å². The van der Waals surface area contributed by atoms with Gasteiger partial charge in [0.05, 0.1) is 5.69 Å². The SMILES string of the molecule is C1=Cc2ccc(-c3ccc(-c4cccc(C5=NC(c6ccc(-c7ccccc7)cc6)=NC(c6ccccc6)N5)c4)cc3)nc2CC1. The summed E-state index contributed by atoms with van der Waals surface area (Å²) in [7, 11) is 0. The minimum atomic E-state index is -0.250. The lowest BCUT2D eigenvalue weighted by atomic mass is 9.98. The largest absolute Gasteiger partial charge is 0.344 e. The van der Waals surface area contributed by atoms with Gasteiger partial charge in [-0.05, 0) is 58.4 Å². The normalized spacial score (nSPS) is 15.3. The Morgan fingerprint density at radius 3 is 1.96 bits per heavy atom. The summed E-state index contributed by atoms with van der Waals surface area (Å²) in [5.41, 5.74) is 12.3. The van der Waals surface area contributed by atoms with E-state index in [1.807, 2.05) is 24.3 Å². The maximum absolute atomic E-state index is 5.07. The van der Waals surface area contributed by atoms with Gasteiger partial charge >= 0.3 is 0 Å². The zero-order valence-electron chi connectivity index (χ0n) is 25.3. The van der Waals surface area contributed by atoms with E-state index >= 15 is 0 Å². The van der Waals surface area contributed by atoms with Crippen molar-refractivity contribution >= 4 is 17.7 Å². The van der Waals surface area contributed by atoms with Crippen molar-refractivity contribution < 1.29 is 0 Å². The fourth-order valence-corrected chi connectivity index (χ4v) is 6.11. The van der Waals surface area contributed by atoms with Gasteiger partial charge in [-0.25, -0.2) is 9.98 Å². The number of allylic oxidation sites excluding steroid dienone is 1. The molecule has 0 radical (unpaired) electrons. The Kier molecular flexibility index (Phi) is 7.37. The van der Waals surface area contributed by atoms with Crippen LogP contribution in [0, 0.1) is 0 Å². The van der Waals surface area contributed by atoms with Gasteiger partial charge in [0.1, 0.15) is 12.0 Å². The number of amidine groups is 2. The van der Waals surface area contributed by atoms with Crippen LogP contribution in [0.5, 0.6) is 0 Å².